The topological polar surface area (TPSA) is 95.1 Å². The number of aryl methyl sites for hydroxylation is 3. The molecule has 8 heteroatoms. The number of benzene rings is 1. The lowest BCUT2D eigenvalue weighted by atomic mass is 10.2. The summed E-state index contributed by atoms with van der Waals surface area (Å²) in [6.45, 7) is 5.25. The molecule has 0 fully saturated rings. The van der Waals surface area contributed by atoms with Crippen molar-refractivity contribution in [3.05, 3.63) is 77.7 Å². The van der Waals surface area contributed by atoms with Crippen molar-refractivity contribution in [2.75, 3.05) is 5.32 Å². The standard InChI is InChI=1S/C21H19N5O3/c1-13-20(14(2)29-25-13)21(27)24-16-6-8-17(9-7-16)28-19-12-18(22-15(3)23-19)26-10-4-5-11-26/h4-12H,1-3H3,(H,24,27). The van der Waals surface area contributed by atoms with Crippen LogP contribution in [0.15, 0.2) is 59.4 Å². The first-order chi connectivity index (χ1) is 14.0. The summed E-state index contributed by atoms with van der Waals surface area (Å²) < 4.78 is 12.8. The van der Waals surface area contributed by atoms with Crippen molar-refractivity contribution in [1.29, 1.82) is 0 Å². The van der Waals surface area contributed by atoms with Crippen LogP contribution in [0.3, 0.4) is 0 Å². The molecular formula is C21H19N5O3. The quantitative estimate of drug-likeness (QED) is 0.549. The molecule has 0 spiro atoms. The van der Waals surface area contributed by atoms with Crippen LogP contribution in [0.2, 0.25) is 0 Å². The molecule has 0 atom stereocenters. The Balaban J connectivity index is 1.48. The number of nitrogens with one attached hydrogen (secondary N) is 1. The van der Waals surface area contributed by atoms with Crippen LogP contribution < -0.4 is 10.1 Å². The Bertz CT molecular complexity index is 1130. The molecule has 0 radical (unpaired) electrons. The van der Waals surface area contributed by atoms with E-state index in [-0.39, 0.29) is 5.91 Å². The van der Waals surface area contributed by atoms with E-state index < -0.39 is 0 Å². The minimum absolute atomic E-state index is 0.266. The van der Waals surface area contributed by atoms with E-state index in [9.17, 15) is 4.79 Å². The van der Waals surface area contributed by atoms with Gasteiger partial charge in [0.05, 0.1) is 5.69 Å². The maximum absolute atomic E-state index is 12.4. The number of nitrogens with zero attached hydrogens (tertiary/aromatic N) is 4. The molecule has 0 aliphatic heterocycles. The van der Waals surface area contributed by atoms with Gasteiger partial charge in [-0.3, -0.25) is 4.79 Å². The van der Waals surface area contributed by atoms with Gasteiger partial charge in [0.15, 0.2) is 0 Å². The summed E-state index contributed by atoms with van der Waals surface area (Å²) in [6.07, 6.45) is 3.81. The summed E-state index contributed by atoms with van der Waals surface area (Å²) in [5, 5.41) is 6.63. The molecule has 0 aliphatic carbocycles. The Morgan fingerprint density at radius 3 is 2.45 bits per heavy atom. The fourth-order valence-corrected chi connectivity index (χ4v) is 2.92. The molecule has 0 bridgehead atoms. The molecule has 3 aromatic heterocycles. The Hall–Kier alpha value is -3.94. The number of carbonyl (C=O) groups is 1. The molecule has 0 unspecified atom stereocenters. The van der Waals surface area contributed by atoms with Crippen molar-refractivity contribution >= 4 is 11.6 Å². The summed E-state index contributed by atoms with van der Waals surface area (Å²) >= 11 is 0. The normalized spacial score (nSPS) is 10.7. The van der Waals surface area contributed by atoms with Gasteiger partial charge in [0, 0.05) is 24.1 Å². The Kier molecular flexibility index (Phi) is 4.82. The molecule has 1 aromatic carbocycles. The predicted octanol–water partition coefficient (Wildman–Crippen LogP) is 4.23. The largest absolute Gasteiger partial charge is 0.439 e. The Morgan fingerprint density at radius 2 is 1.79 bits per heavy atom. The first-order valence-electron chi connectivity index (χ1n) is 9.01. The van der Waals surface area contributed by atoms with Crippen molar-refractivity contribution in [1.82, 2.24) is 19.7 Å². The van der Waals surface area contributed by atoms with Crippen LogP contribution in [0.5, 0.6) is 11.6 Å². The lowest BCUT2D eigenvalue weighted by Crippen LogP contribution is -2.13. The summed E-state index contributed by atoms with van der Waals surface area (Å²) in [7, 11) is 0. The summed E-state index contributed by atoms with van der Waals surface area (Å²) in [6, 6.07) is 12.6. The molecule has 1 N–H and O–H groups in total. The van der Waals surface area contributed by atoms with Gasteiger partial charge in [0.1, 0.15) is 28.7 Å². The van der Waals surface area contributed by atoms with Gasteiger partial charge >= 0.3 is 0 Å². The molecule has 4 aromatic rings. The highest BCUT2D eigenvalue weighted by atomic mass is 16.5. The van der Waals surface area contributed by atoms with E-state index in [1.807, 2.05) is 36.0 Å². The van der Waals surface area contributed by atoms with Gasteiger partial charge < -0.3 is 19.1 Å². The number of rotatable bonds is 5. The first kappa shape index (κ1) is 18.4. The minimum atomic E-state index is -0.266. The number of amides is 1. The average Bonchev–Trinajstić information content (AvgIpc) is 3.33. The molecule has 0 saturated carbocycles. The maximum Gasteiger partial charge on any atom is 0.261 e. The van der Waals surface area contributed by atoms with Gasteiger partial charge in [-0.25, -0.2) is 4.98 Å². The van der Waals surface area contributed by atoms with Gasteiger partial charge in [-0.2, -0.15) is 4.98 Å². The van der Waals surface area contributed by atoms with Crippen molar-refractivity contribution in [3.8, 4) is 17.4 Å². The van der Waals surface area contributed by atoms with Crippen molar-refractivity contribution in [3.63, 3.8) is 0 Å². The summed E-state index contributed by atoms with van der Waals surface area (Å²) in [5.41, 5.74) is 1.63. The summed E-state index contributed by atoms with van der Waals surface area (Å²) in [5.74, 6) is 2.58. The van der Waals surface area contributed by atoms with Crippen LogP contribution in [0.1, 0.15) is 27.6 Å². The van der Waals surface area contributed by atoms with Crippen LogP contribution >= 0.6 is 0 Å². The monoisotopic (exact) mass is 389 g/mol. The second kappa shape index (κ2) is 7.59. The molecule has 0 saturated heterocycles. The second-order valence-electron chi connectivity index (χ2n) is 6.48. The van der Waals surface area contributed by atoms with Crippen LogP contribution in [0.4, 0.5) is 5.69 Å². The molecule has 1 amide bonds. The average molecular weight is 389 g/mol. The van der Waals surface area contributed by atoms with Crippen LogP contribution in [-0.4, -0.2) is 25.6 Å². The van der Waals surface area contributed by atoms with Crippen LogP contribution in [-0.2, 0) is 0 Å². The highest BCUT2D eigenvalue weighted by Gasteiger charge is 2.17. The summed E-state index contributed by atoms with van der Waals surface area (Å²) in [4.78, 5) is 21.2. The zero-order chi connectivity index (χ0) is 20.4. The number of aromatic nitrogens is 4. The third-order valence-corrected chi connectivity index (χ3v) is 4.26. The molecule has 0 aliphatic rings. The third kappa shape index (κ3) is 4.01. The van der Waals surface area contributed by atoms with Crippen LogP contribution in [0.25, 0.3) is 5.82 Å². The Morgan fingerprint density at radius 1 is 1.07 bits per heavy atom. The van der Waals surface area contributed by atoms with E-state index in [4.69, 9.17) is 9.26 Å². The number of hydrogen-bond donors (Lipinski definition) is 1. The molecule has 29 heavy (non-hydrogen) atoms. The molecule has 8 nitrogen and oxygen atoms in total. The molecular weight excluding hydrogens is 370 g/mol. The lowest BCUT2D eigenvalue weighted by Gasteiger charge is -2.09. The first-order valence-corrected chi connectivity index (χ1v) is 9.01. The van der Waals surface area contributed by atoms with E-state index in [1.165, 1.54) is 0 Å². The molecule has 4 rings (SSSR count). The fraction of sp³-hybridized carbons (Fsp3) is 0.143. The smallest absolute Gasteiger partial charge is 0.261 e. The molecule has 146 valence electrons. The molecule has 3 heterocycles. The van der Waals surface area contributed by atoms with Gasteiger partial charge in [-0.05, 0) is 57.2 Å². The fourth-order valence-electron chi connectivity index (χ4n) is 2.92. The highest BCUT2D eigenvalue weighted by Crippen LogP contribution is 2.24. The zero-order valence-electron chi connectivity index (χ0n) is 16.2. The Labute approximate surface area is 167 Å². The maximum atomic E-state index is 12.4. The van der Waals surface area contributed by atoms with Gasteiger partial charge in [-0.1, -0.05) is 5.16 Å². The van der Waals surface area contributed by atoms with Crippen molar-refractivity contribution < 1.29 is 14.1 Å². The number of hydrogen-bond acceptors (Lipinski definition) is 6. The zero-order valence-corrected chi connectivity index (χ0v) is 16.2. The van der Waals surface area contributed by atoms with Crippen molar-refractivity contribution in [2.24, 2.45) is 0 Å². The number of carbonyl (C=O) groups excluding carboxylic acids is 1. The highest BCUT2D eigenvalue weighted by molar-refractivity contribution is 6.05. The van der Waals surface area contributed by atoms with Crippen molar-refractivity contribution in [2.45, 2.75) is 20.8 Å². The SMILES string of the molecule is Cc1nc(Oc2ccc(NC(=O)c3c(C)noc3C)cc2)cc(-n2cccc2)n1. The second-order valence-corrected chi connectivity index (χ2v) is 6.48. The van der Waals surface area contributed by atoms with E-state index in [0.29, 0.717) is 40.2 Å². The van der Waals surface area contributed by atoms with E-state index in [1.54, 1.807) is 44.2 Å². The predicted molar refractivity (Wildman–Crippen MR) is 107 cm³/mol. The van der Waals surface area contributed by atoms with E-state index in [2.05, 4.69) is 20.4 Å². The number of ether oxygens (including phenoxy) is 1. The minimum Gasteiger partial charge on any atom is -0.439 e. The third-order valence-electron chi connectivity index (χ3n) is 4.26. The van der Waals surface area contributed by atoms with Gasteiger partial charge in [0.2, 0.25) is 5.88 Å². The van der Waals surface area contributed by atoms with Crippen LogP contribution in [0, 0.1) is 20.8 Å². The van der Waals surface area contributed by atoms with E-state index in [0.717, 1.165) is 5.82 Å². The van der Waals surface area contributed by atoms with Gasteiger partial charge in [0.25, 0.3) is 5.91 Å². The lowest BCUT2D eigenvalue weighted by molar-refractivity contribution is 0.102. The van der Waals surface area contributed by atoms with Gasteiger partial charge in [-0.15, -0.1) is 0 Å². The number of anilines is 1. The van der Waals surface area contributed by atoms with E-state index >= 15 is 0 Å².